The van der Waals surface area contributed by atoms with Crippen molar-refractivity contribution in [1.82, 2.24) is 29.7 Å². The molecule has 4 heterocycles. The molecular formula is C18H14ClF3N6OS. The fourth-order valence-corrected chi connectivity index (χ4v) is 3.67. The summed E-state index contributed by atoms with van der Waals surface area (Å²) in [6.45, 7) is 0.826. The van der Waals surface area contributed by atoms with Crippen molar-refractivity contribution in [3.8, 4) is 10.6 Å². The minimum absolute atomic E-state index is 0.0513. The summed E-state index contributed by atoms with van der Waals surface area (Å²) in [5.74, 6) is -0.579. The molecule has 30 heavy (non-hydrogen) atoms. The Morgan fingerprint density at radius 3 is 2.80 bits per heavy atom. The number of thiophene rings is 1. The van der Waals surface area contributed by atoms with Gasteiger partial charge in [-0.05, 0) is 23.9 Å². The summed E-state index contributed by atoms with van der Waals surface area (Å²) in [6.07, 6.45) is -0.933. The van der Waals surface area contributed by atoms with E-state index in [2.05, 4.69) is 20.5 Å². The van der Waals surface area contributed by atoms with Gasteiger partial charge >= 0.3 is 6.18 Å². The molecular weight excluding hydrogens is 441 g/mol. The molecule has 0 radical (unpaired) electrons. The minimum atomic E-state index is -4.65. The molecule has 0 aliphatic heterocycles. The van der Waals surface area contributed by atoms with Crippen LogP contribution in [0.5, 0.6) is 0 Å². The second kappa shape index (κ2) is 8.07. The maximum Gasteiger partial charge on any atom is 0.433 e. The number of carbonyl (C=O) groups is 1. The Labute approximate surface area is 177 Å². The van der Waals surface area contributed by atoms with E-state index in [-0.39, 0.29) is 17.0 Å². The van der Waals surface area contributed by atoms with Crippen LogP contribution in [-0.2, 0) is 12.7 Å². The number of rotatable bonds is 6. The van der Waals surface area contributed by atoms with Crippen LogP contribution in [-0.4, -0.2) is 36.8 Å². The first kappa shape index (κ1) is 20.4. The fourth-order valence-electron chi connectivity index (χ4n) is 2.83. The van der Waals surface area contributed by atoms with E-state index in [9.17, 15) is 18.0 Å². The van der Waals surface area contributed by atoms with Gasteiger partial charge in [0.05, 0.1) is 21.8 Å². The largest absolute Gasteiger partial charge is 0.433 e. The van der Waals surface area contributed by atoms with Gasteiger partial charge in [-0.25, -0.2) is 9.50 Å². The normalized spacial score (nSPS) is 11.9. The van der Waals surface area contributed by atoms with Gasteiger partial charge in [0.25, 0.3) is 5.91 Å². The third-order valence-corrected chi connectivity index (χ3v) is 5.26. The number of aryl methyl sites for hydroxylation is 1. The van der Waals surface area contributed by atoms with Crippen molar-refractivity contribution in [2.45, 2.75) is 19.1 Å². The lowest BCUT2D eigenvalue weighted by Crippen LogP contribution is -2.26. The van der Waals surface area contributed by atoms with Crippen molar-refractivity contribution < 1.29 is 18.0 Å². The highest BCUT2D eigenvalue weighted by molar-refractivity contribution is 7.13. The Balaban J connectivity index is 1.53. The Morgan fingerprint density at radius 2 is 2.13 bits per heavy atom. The average Bonchev–Trinajstić information content (AvgIpc) is 3.43. The molecule has 0 aromatic carbocycles. The number of fused-ring (bicyclic) bond motifs is 1. The van der Waals surface area contributed by atoms with Crippen molar-refractivity contribution in [3.63, 3.8) is 0 Å². The van der Waals surface area contributed by atoms with Gasteiger partial charge in [0.2, 0.25) is 0 Å². The highest BCUT2D eigenvalue weighted by atomic mass is 35.5. The molecule has 0 bridgehead atoms. The first-order valence-electron chi connectivity index (χ1n) is 8.79. The molecule has 7 nitrogen and oxygen atoms in total. The van der Waals surface area contributed by atoms with Gasteiger partial charge in [-0.1, -0.05) is 17.7 Å². The van der Waals surface area contributed by atoms with Gasteiger partial charge < -0.3 is 5.32 Å². The van der Waals surface area contributed by atoms with E-state index in [1.54, 1.807) is 28.4 Å². The number of nitrogens with one attached hydrogen (secondary N) is 1. The Kier molecular flexibility index (Phi) is 5.48. The van der Waals surface area contributed by atoms with Crippen molar-refractivity contribution in [2.24, 2.45) is 0 Å². The standard InChI is InChI=1S/C18H14ClF3N6OS/c19-11-9-24-27(10-11)5-2-4-23-17(29)13-8-16-25-12(14-3-1-6-30-14)7-15(18(20,21)22)28(16)26-13/h1,3,6-10H,2,4-5H2,(H,23,29). The molecule has 0 atom stereocenters. The number of alkyl halides is 3. The lowest BCUT2D eigenvalue weighted by atomic mass is 10.2. The summed E-state index contributed by atoms with van der Waals surface area (Å²) >= 11 is 7.06. The zero-order chi connectivity index (χ0) is 21.3. The molecule has 0 aliphatic rings. The maximum atomic E-state index is 13.6. The summed E-state index contributed by atoms with van der Waals surface area (Å²) in [5, 5.41) is 12.8. The second-order valence-corrected chi connectivity index (χ2v) is 7.72. The third kappa shape index (κ3) is 4.31. The SMILES string of the molecule is O=C(NCCCn1cc(Cl)cn1)c1cc2nc(-c3cccs3)cc(C(F)(F)F)n2n1. The van der Waals surface area contributed by atoms with Crippen LogP contribution in [0.4, 0.5) is 13.2 Å². The summed E-state index contributed by atoms with van der Waals surface area (Å²) in [4.78, 5) is 17.2. The Hall–Kier alpha value is -2.92. The molecule has 4 aromatic rings. The first-order valence-corrected chi connectivity index (χ1v) is 10.0. The molecule has 0 unspecified atom stereocenters. The zero-order valence-corrected chi connectivity index (χ0v) is 16.8. The van der Waals surface area contributed by atoms with Crippen LogP contribution < -0.4 is 5.32 Å². The first-order chi connectivity index (χ1) is 14.3. The number of aromatic nitrogens is 5. The van der Waals surface area contributed by atoms with E-state index in [0.717, 1.165) is 6.07 Å². The van der Waals surface area contributed by atoms with Crippen LogP contribution in [0.15, 0.2) is 42.0 Å². The zero-order valence-electron chi connectivity index (χ0n) is 15.2. The molecule has 0 saturated heterocycles. The summed E-state index contributed by atoms with van der Waals surface area (Å²) in [7, 11) is 0. The quantitative estimate of drug-likeness (QED) is 0.444. The van der Waals surface area contributed by atoms with Gasteiger partial charge in [-0.2, -0.15) is 23.4 Å². The molecule has 0 aliphatic carbocycles. The van der Waals surface area contributed by atoms with Crippen LogP contribution in [0.25, 0.3) is 16.2 Å². The smallest absolute Gasteiger partial charge is 0.351 e. The molecule has 156 valence electrons. The van der Waals surface area contributed by atoms with Crippen LogP contribution in [0.1, 0.15) is 22.6 Å². The van der Waals surface area contributed by atoms with E-state index in [0.29, 0.717) is 33.9 Å². The molecule has 0 spiro atoms. The Morgan fingerprint density at radius 1 is 1.30 bits per heavy atom. The molecule has 0 fully saturated rings. The topological polar surface area (TPSA) is 77.1 Å². The predicted molar refractivity (Wildman–Crippen MR) is 105 cm³/mol. The molecule has 1 amide bonds. The van der Waals surface area contributed by atoms with E-state index < -0.39 is 17.8 Å². The summed E-state index contributed by atoms with van der Waals surface area (Å²) in [6, 6.07) is 5.59. The lowest BCUT2D eigenvalue weighted by molar-refractivity contribution is -0.142. The van der Waals surface area contributed by atoms with Crippen LogP contribution in [0.2, 0.25) is 5.02 Å². The highest BCUT2D eigenvalue weighted by Crippen LogP contribution is 2.33. The molecule has 1 N–H and O–H groups in total. The molecule has 4 rings (SSSR count). The van der Waals surface area contributed by atoms with Crippen LogP contribution in [0, 0.1) is 0 Å². The number of hydrogen-bond donors (Lipinski definition) is 1. The predicted octanol–water partition coefficient (Wildman–Crippen LogP) is 4.15. The van der Waals surface area contributed by atoms with Crippen molar-refractivity contribution >= 4 is 34.5 Å². The highest BCUT2D eigenvalue weighted by Gasteiger charge is 2.35. The van der Waals surface area contributed by atoms with Crippen LogP contribution >= 0.6 is 22.9 Å². The number of halogens is 4. The van der Waals surface area contributed by atoms with Gasteiger partial charge in [0.1, 0.15) is 0 Å². The van der Waals surface area contributed by atoms with Crippen LogP contribution in [0.3, 0.4) is 0 Å². The number of hydrogen-bond acceptors (Lipinski definition) is 5. The monoisotopic (exact) mass is 454 g/mol. The summed E-state index contributed by atoms with van der Waals surface area (Å²) < 4.78 is 43.0. The second-order valence-electron chi connectivity index (χ2n) is 6.33. The van der Waals surface area contributed by atoms with E-state index in [4.69, 9.17) is 11.6 Å². The molecule has 0 saturated carbocycles. The summed E-state index contributed by atoms with van der Waals surface area (Å²) in [5.41, 5.74) is -1.01. The number of amides is 1. The Bertz CT molecular complexity index is 1180. The fraction of sp³-hybridized carbons (Fsp3) is 0.222. The number of carbonyl (C=O) groups excluding carboxylic acids is 1. The van der Waals surface area contributed by atoms with Gasteiger partial charge in [0, 0.05) is 25.4 Å². The number of nitrogens with zero attached hydrogens (tertiary/aromatic N) is 5. The maximum absolute atomic E-state index is 13.6. The average molecular weight is 455 g/mol. The minimum Gasteiger partial charge on any atom is -0.351 e. The lowest BCUT2D eigenvalue weighted by Gasteiger charge is -2.10. The van der Waals surface area contributed by atoms with E-state index >= 15 is 0 Å². The van der Waals surface area contributed by atoms with Crippen molar-refractivity contribution in [2.75, 3.05) is 6.54 Å². The van der Waals surface area contributed by atoms with E-state index in [1.807, 2.05) is 0 Å². The van der Waals surface area contributed by atoms with Crippen molar-refractivity contribution in [1.29, 1.82) is 0 Å². The third-order valence-electron chi connectivity index (χ3n) is 4.18. The molecule has 12 heteroatoms. The molecule has 4 aromatic heterocycles. The van der Waals surface area contributed by atoms with Gasteiger partial charge in [-0.3, -0.25) is 9.48 Å². The van der Waals surface area contributed by atoms with E-state index in [1.165, 1.54) is 23.6 Å². The van der Waals surface area contributed by atoms with Gasteiger partial charge in [-0.15, -0.1) is 11.3 Å². The van der Waals surface area contributed by atoms with Gasteiger partial charge in [0.15, 0.2) is 17.0 Å². The van der Waals surface area contributed by atoms with Crippen molar-refractivity contribution in [3.05, 3.63) is 58.4 Å².